The summed E-state index contributed by atoms with van der Waals surface area (Å²) in [6, 6.07) is 7.27. The average molecular weight is 313 g/mol. The first-order valence-electron chi connectivity index (χ1n) is 7.55. The maximum atomic E-state index is 6.26. The predicted molar refractivity (Wildman–Crippen MR) is 85.8 cm³/mol. The van der Waals surface area contributed by atoms with Crippen LogP contribution in [0.4, 0.5) is 0 Å². The van der Waals surface area contributed by atoms with E-state index in [1.54, 1.807) is 0 Å². The summed E-state index contributed by atoms with van der Waals surface area (Å²) in [6.07, 6.45) is 3.74. The fourth-order valence-corrected chi connectivity index (χ4v) is 4.05. The number of fused-ring (bicyclic) bond motifs is 1. The van der Waals surface area contributed by atoms with E-state index in [0.717, 1.165) is 24.0 Å². The van der Waals surface area contributed by atoms with Gasteiger partial charge in [0.1, 0.15) is 0 Å². The molecule has 1 aromatic rings. The van der Waals surface area contributed by atoms with Crippen LogP contribution in [0.2, 0.25) is 10.0 Å². The molecule has 2 heterocycles. The molecule has 2 fully saturated rings. The van der Waals surface area contributed by atoms with Gasteiger partial charge in [0, 0.05) is 41.8 Å². The van der Waals surface area contributed by atoms with Crippen molar-refractivity contribution in [1.82, 2.24) is 9.80 Å². The van der Waals surface area contributed by atoms with E-state index in [-0.39, 0.29) is 0 Å². The molecule has 20 heavy (non-hydrogen) atoms. The molecule has 0 aromatic heterocycles. The SMILES string of the molecule is CC1CN2CCCC2CN1CCc1ccc(Cl)cc1Cl. The lowest BCUT2D eigenvalue weighted by atomic mass is 10.1. The highest BCUT2D eigenvalue weighted by Crippen LogP contribution is 2.26. The predicted octanol–water partition coefficient (Wildman–Crippen LogP) is 3.70. The van der Waals surface area contributed by atoms with Gasteiger partial charge in [0.05, 0.1) is 0 Å². The molecule has 2 aliphatic rings. The first kappa shape index (κ1) is 14.6. The molecule has 2 nitrogen and oxygen atoms in total. The molecule has 4 heteroatoms. The Hall–Kier alpha value is -0.280. The van der Waals surface area contributed by atoms with Gasteiger partial charge in [-0.15, -0.1) is 0 Å². The van der Waals surface area contributed by atoms with Gasteiger partial charge in [-0.3, -0.25) is 9.80 Å². The van der Waals surface area contributed by atoms with E-state index in [2.05, 4.69) is 22.8 Å². The molecule has 0 radical (unpaired) electrons. The standard InChI is InChI=1S/C16H22Cl2N2/c1-12-10-20-7-2-3-15(20)11-19(12)8-6-13-4-5-14(17)9-16(13)18/h4-5,9,12,15H,2-3,6-8,10-11H2,1H3. The Labute approximate surface area is 131 Å². The van der Waals surface area contributed by atoms with Crippen molar-refractivity contribution in [2.45, 2.75) is 38.3 Å². The van der Waals surface area contributed by atoms with E-state index >= 15 is 0 Å². The Kier molecular flexibility index (Phi) is 4.56. The number of hydrogen-bond acceptors (Lipinski definition) is 2. The van der Waals surface area contributed by atoms with Crippen LogP contribution >= 0.6 is 23.2 Å². The van der Waals surface area contributed by atoms with Crippen LogP contribution in [0, 0.1) is 0 Å². The van der Waals surface area contributed by atoms with Crippen molar-refractivity contribution in [3.05, 3.63) is 33.8 Å². The molecule has 1 aromatic carbocycles. The third kappa shape index (κ3) is 3.14. The molecular formula is C16H22Cl2N2. The fraction of sp³-hybridized carbons (Fsp3) is 0.625. The lowest BCUT2D eigenvalue weighted by molar-refractivity contribution is 0.0605. The summed E-state index contributed by atoms with van der Waals surface area (Å²) >= 11 is 12.2. The minimum absolute atomic E-state index is 0.649. The molecule has 0 saturated carbocycles. The second kappa shape index (κ2) is 6.23. The highest BCUT2D eigenvalue weighted by atomic mass is 35.5. The number of hydrogen-bond donors (Lipinski definition) is 0. The Balaban J connectivity index is 1.60. The van der Waals surface area contributed by atoms with Gasteiger partial charge in [0.25, 0.3) is 0 Å². The van der Waals surface area contributed by atoms with E-state index in [9.17, 15) is 0 Å². The maximum absolute atomic E-state index is 6.26. The molecule has 0 aliphatic carbocycles. The minimum Gasteiger partial charge on any atom is -0.298 e. The third-order valence-corrected chi connectivity index (χ3v) is 5.34. The van der Waals surface area contributed by atoms with E-state index in [1.807, 2.05) is 12.1 Å². The molecule has 0 amide bonds. The minimum atomic E-state index is 0.649. The Morgan fingerprint density at radius 2 is 2.10 bits per heavy atom. The maximum Gasteiger partial charge on any atom is 0.0453 e. The van der Waals surface area contributed by atoms with Crippen LogP contribution in [-0.2, 0) is 6.42 Å². The van der Waals surface area contributed by atoms with Gasteiger partial charge in [-0.1, -0.05) is 29.3 Å². The van der Waals surface area contributed by atoms with Crippen molar-refractivity contribution in [2.24, 2.45) is 0 Å². The normalized spacial score (nSPS) is 27.8. The summed E-state index contributed by atoms with van der Waals surface area (Å²) < 4.78 is 0. The van der Waals surface area contributed by atoms with E-state index < -0.39 is 0 Å². The number of halogens is 2. The summed E-state index contributed by atoms with van der Waals surface area (Å²) in [5.74, 6) is 0. The molecular weight excluding hydrogens is 291 g/mol. The van der Waals surface area contributed by atoms with E-state index in [4.69, 9.17) is 23.2 Å². The van der Waals surface area contributed by atoms with Gasteiger partial charge in [0.15, 0.2) is 0 Å². The van der Waals surface area contributed by atoms with Crippen LogP contribution in [-0.4, -0.2) is 48.1 Å². The smallest absolute Gasteiger partial charge is 0.0453 e. The summed E-state index contributed by atoms with van der Waals surface area (Å²) in [4.78, 5) is 5.29. The molecule has 2 aliphatic heterocycles. The molecule has 2 atom stereocenters. The molecule has 2 saturated heterocycles. The van der Waals surface area contributed by atoms with Crippen molar-refractivity contribution in [2.75, 3.05) is 26.2 Å². The first-order valence-corrected chi connectivity index (χ1v) is 8.31. The molecule has 0 bridgehead atoms. The number of benzene rings is 1. The Morgan fingerprint density at radius 1 is 1.25 bits per heavy atom. The zero-order valence-corrected chi connectivity index (χ0v) is 13.5. The van der Waals surface area contributed by atoms with Crippen molar-refractivity contribution in [3.63, 3.8) is 0 Å². The van der Waals surface area contributed by atoms with Gasteiger partial charge in [0.2, 0.25) is 0 Å². The van der Waals surface area contributed by atoms with Crippen LogP contribution in [0.1, 0.15) is 25.3 Å². The lowest BCUT2D eigenvalue weighted by Crippen LogP contribution is -2.55. The highest BCUT2D eigenvalue weighted by Gasteiger charge is 2.33. The summed E-state index contributed by atoms with van der Waals surface area (Å²) in [7, 11) is 0. The van der Waals surface area contributed by atoms with Gasteiger partial charge in [-0.2, -0.15) is 0 Å². The Morgan fingerprint density at radius 3 is 2.90 bits per heavy atom. The van der Waals surface area contributed by atoms with E-state index in [0.29, 0.717) is 11.1 Å². The Bertz CT molecular complexity index is 478. The van der Waals surface area contributed by atoms with Gasteiger partial charge < -0.3 is 0 Å². The van der Waals surface area contributed by atoms with Crippen LogP contribution < -0.4 is 0 Å². The molecule has 2 unspecified atom stereocenters. The highest BCUT2D eigenvalue weighted by molar-refractivity contribution is 6.35. The topological polar surface area (TPSA) is 6.48 Å². The zero-order chi connectivity index (χ0) is 14.1. The van der Waals surface area contributed by atoms with Gasteiger partial charge in [-0.05, 0) is 50.4 Å². The number of rotatable bonds is 3. The molecule has 0 N–H and O–H groups in total. The van der Waals surface area contributed by atoms with Gasteiger partial charge >= 0.3 is 0 Å². The second-order valence-corrected chi connectivity index (χ2v) is 6.96. The molecule has 0 spiro atoms. The van der Waals surface area contributed by atoms with E-state index in [1.165, 1.54) is 38.0 Å². The largest absolute Gasteiger partial charge is 0.298 e. The number of nitrogens with zero attached hydrogens (tertiary/aromatic N) is 2. The number of piperazine rings is 1. The third-order valence-electron chi connectivity index (χ3n) is 4.75. The summed E-state index contributed by atoms with van der Waals surface area (Å²) in [5, 5.41) is 1.51. The second-order valence-electron chi connectivity index (χ2n) is 6.12. The average Bonchev–Trinajstić information content (AvgIpc) is 2.84. The van der Waals surface area contributed by atoms with Crippen molar-refractivity contribution < 1.29 is 0 Å². The quantitative estimate of drug-likeness (QED) is 0.839. The summed E-state index contributed by atoms with van der Waals surface area (Å²) in [6.45, 7) is 7.17. The van der Waals surface area contributed by atoms with Crippen LogP contribution in [0.25, 0.3) is 0 Å². The van der Waals surface area contributed by atoms with Crippen LogP contribution in [0.5, 0.6) is 0 Å². The first-order chi connectivity index (χ1) is 9.63. The molecule has 3 rings (SSSR count). The van der Waals surface area contributed by atoms with Crippen molar-refractivity contribution in [3.8, 4) is 0 Å². The van der Waals surface area contributed by atoms with Gasteiger partial charge in [-0.25, -0.2) is 0 Å². The lowest BCUT2D eigenvalue weighted by Gasteiger charge is -2.42. The van der Waals surface area contributed by atoms with Crippen LogP contribution in [0.15, 0.2) is 18.2 Å². The monoisotopic (exact) mass is 312 g/mol. The van der Waals surface area contributed by atoms with Crippen LogP contribution in [0.3, 0.4) is 0 Å². The zero-order valence-electron chi connectivity index (χ0n) is 12.0. The van der Waals surface area contributed by atoms with Crippen molar-refractivity contribution in [1.29, 1.82) is 0 Å². The van der Waals surface area contributed by atoms with Crippen molar-refractivity contribution >= 4 is 23.2 Å². The summed E-state index contributed by atoms with van der Waals surface area (Å²) in [5.41, 5.74) is 1.21. The fourth-order valence-electron chi connectivity index (χ4n) is 3.55. The molecule has 110 valence electrons.